The van der Waals surface area contributed by atoms with Crippen molar-refractivity contribution in [1.29, 1.82) is 0 Å². The Hall–Kier alpha value is -2.62. The number of imidazole rings is 1. The van der Waals surface area contributed by atoms with E-state index >= 15 is 0 Å². The average molecular weight is 277 g/mol. The molecule has 0 unspecified atom stereocenters. The Balaban J connectivity index is 1.81. The van der Waals surface area contributed by atoms with Crippen molar-refractivity contribution < 1.29 is 4.79 Å². The van der Waals surface area contributed by atoms with Gasteiger partial charge in [0, 0.05) is 12.2 Å². The van der Waals surface area contributed by atoms with Crippen LogP contribution in [0.3, 0.4) is 0 Å². The highest BCUT2D eigenvalue weighted by Crippen LogP contribution is 2.30. The van der Waals surface area contributed by atoms with E-state index < -0.39 is 0 Å². The first-order valence-electron chi connectivity index (χ1n) is 7.09. The molecule has 0 saturated carbocycles. The van der Waals surface area contributed by atoms with Crippen LogP contribution in [0.1, 0.15) is 21.7 Å². The molecule has 0 aliphatic carbocycles. The number of fused-ring (bicyclic) bond motifs is 2. The molecule has 1 N–H and O–H groups in total. The SMILES string of the molecule is Cc1nc2c(C(=O)N3CCc4ccccc43)cccc2[nH]1. The van der Waals surface area contributed by atoms with E-state index in [2.05, 4.69) is 16.0 Å². The molecule has 0 atom stereocenters. The number of nitrogens with zero attached hydrogens (tertiary/aromatic N) is 2. The summed E-state index contributed by atoms with van der Waals surface area (Å²) in [5.74, 6) is 0.851. The van der Waals surface area contributed by atoms with E-state index in [4.69, 9.17) is 0 Å². The van der Waals surface area contributed by atoms with Crippen molar-refractivity contribution in [3.05, 3.63) is 59.4 Å². The second-order valence-electron chi connectivity index (χ2n) is 5.36. The number of H-pyrrole nitrogens is 1. The van der Waals surface area contributed by atoms with Gasteiger partial charge in [-0.3, -0.25) is 4.79 Å². The number of hydrogen-bond donors (Lipinski definition) is 1. The number of carbonyl (C=O) groups is 1. The van der Waals surface area contributed by atoms with Crippen molar-refractivity contribution in [1.82, 2.24) is 9.97 Å². The van der Waals surface area contributed by atoms with Crippen molar-refractivity contribution in [3.8, 4) is 0 Å². The van der Waals surface area contributed by atoms with Crippen LogP contribution in [0.4, 0.5) is 5.69 Å². The standard InChI is InChI=1S/C17H15N3O/c1-11-18-14-7-4-6-13(16(14)19-11)17(21)20-10-9-12-5-2-3-8-15(12)20/h2-8H,9-10H2,1H3,(H,18,19). The number of aromatic nitrogens is 2. The molecule has 0 bridgehead atoms. The molecule has 1 aliphatic heterocycles. The van der Waals surface area contributed by atoms with E-state index in [0.29, 0.717) is 5.56 Å². The summed E-state index contributed by atoms with van der Waals surface area (Å²) in [6.45, 7) is 2.64. The van der Waals surface area contributed by atoms with Gasteiger partial charge in [-0.25, -0.2) is 4.98 Å². The maximum atomic E-state index is 12.9. The Kier molecular flexibility index (Phi) is 2.57. The molecule has 4 nitrogen and oxygen atoms in total. The van der Waals surface area contributed by atoms with Crippen molar-refractivity contribution in [3.63, 3.8) is 0 Å². The van der Waals surface area contributed by atoms with Gasteiger partial charge in [0.25, 0.3) is 5.91 Å². The number of aromatic amines is 1. The van der Waals surface area contributed by atoms with Gasteiger partial charge in [-0.2, -0.15) is 0 Å². The fourth-order valence-corrected chi connectivity index (χ4v) is 3.02. The van der Waals surface area contributed by atoms with Crippen LogP contribution in [0.25, 0.3) is 11.0 Å². The third-order valence-electron chi connectivity index (χ3n) is 3.99. The number of carbonyl (C=O) groups excluding carboxylic acids is 1. The predicted molar refractivity (Wildman–Crippen MR) is 82.7 cm³/mol. The lowest BCUT2D eigenvalue weighted by Gasteiger charge is -2.17. The largest absolute Gasteiger partial charge is 0.342 e. The lowest BCUT2D eigenvalue weighted by atomic mass is 10.1. The summed E-state index contributed by atoms with van der Waals surface area (Å²) in [4.78, 5) is 22.4. The second kappa shape index (κ2) is 4.45. The summed E-state index contributed by atoms with van der Waals surface area (Å²) in [5, 5.41) is 0. The number of rotatable bonds is 1. The maximum absolute atomic E-state index is 12.9. The van der Waals surface area contributed by atoms with E-state index in [1.807, 2.05) is 48.2 Å². The van der Waals surface area contributed by atoms with Crippen LogP contribution in [-0.2, 0) is 6.42 Å². The summed E-state index contributed by atoms with van der Waals surface area (Å²) in [6.07, 6.45) is 0.914. The topological polar surface area (TPSA) is 49.0 Å². The molecular formula is C17H15N3O. The molecule has 0 radical (unpaired) electrons. The lowest BCUT2D eigenvalue weighted by Crippen LogP contribution is -2.29. The first-order valence-corrected chi connectivity index (χ1v) is 7.09. The molecule has 0 fully saturated rings. The zero-order chi connectivity index (χ0) is 14.4. The molecule has 104 valence electrons. The van der Waals surface area contributed by atoms with Crippen LogP contribution in [0.2, 0.25) is 0 Å². The minimum Gasteiger partial charge on any atom is -0.342 e. The third kappa shape index (κ3) is 1.83. The Labute approximate surface area is 122 Å². The van der Waals surface area contributed by atoms with Crippen molar-refractivity contribution in [2.24, 2.45) is 0 Å². The van der Waals surface area contributed by atoms with Gasteiger partial charge in [-0.15, -0.1) is 0 Å². The average Bonchev–Trinajstić information content (AvgIpc) is 3.08. The van der Waals surface area contributed by atoms with Crippen molar-refractivity contribution in [2.45, 2.75) is 13.3 Å². The van der Waals surface area contributed by atoms with Gasteiger partial charge in [0.1, 0.15) is 11.3 Å². The Morgan fingerprint density at radius 1 is 1.19 bits per heavy atom. The van der Waals surface area contributed by atoms with Crippen LogP contribution >= 0.6 is 0 Å². The molecule has 3 aromatic rings. The van der Waals surface area contributed by atoms with Crippen LogP contribution in [0.15, 0.2) is 42.5 Å². The van der Waals surface area contributed by atoms with Gasteiger partial charge in [0.15, 0.2) is 0 Å². The van der Waals surface area contributed by atoms with Gasteiger partial charge in [0.2, 0.25) is 0 Å². The smallest absolute Gasteiger partial charge is 0.260 e. The first-order chi connectivity index (χ1) is 10.2. The highest BCUT2D eigenvalue weighted by molar-refractivity contribution is 6.13. The Bertz CT molecular complexity index is 850. The van der Waals surface area contributed by atoms with Crippen LogP contribution in [-0.4, -0.2) is 22.4 Å². The van der Waals surface area contributed by atoms with E-state index in [-0.39, 0.29) is 5.91 Å². The highest BCUT2D eigenvalue weighted by Gasteiger charge is 2.26. The van der Waals surface area contributed by atoms with Crippen molar-refractivity contribution >= 4 is 22.6 Å². The predicted octanol–water partition coefficient (Wildman–Crippen LogP) is 3.07. The third-order valence-corrected chi connectivity index (χ3v) is 3.99. The normalized spacial score (nSPS) is 13.7. The van der Waals surface area contributed by atoms with Gasteiger partial charge in [-0.05, 0) is 37.1 Å². The number of para-hydroxylation sites is 2. The fourth-order valence-electron chi connectivity index (χ4n) is 3.02. The maximum Gasteiger partial charge on any atom is 0.260 e. The number of amides is 1. The number of anilines is 1. The Morgan fingerprint density at radius 2 is 2.05 bits per heavy atom. The minimum absolute atomic E-state index is 0.0250. The molecule has 4 rings (SSSR count). The minimum atomic E-state index is 0.0250. The van der Waals surface area contributed by atoms with Gasteiger partial charge in [-0.1, -0.05) is 24.3 Å². The number of hydrogen-bond acceptors (Lipinski definition) is 2. The van der Waals surface area contributed by atoms with Gasteiger partial charge in [0.05, 0.1) is 11.1 Å². The monoisotopic (exact) mass is 277 g/mol. The molecule has 4 heteroatoms. The Morgan fingerprint density at radius 3 is 2.95 bits per heavy atom. The summed E-state index contributed by atoms with van der Waals surface area (Å²) >= 11 is 0. The molecule has 1 amide bonds. The van der Waals surface area contributed by atoms with E-state index in [1.54, 1.807) is 0 Å². The highest BCUT2D eigenvalue weighted by atomic mass is 16.2. The van der Waals surface area contributed by atoms with Gasteiger partial charge < -0.3 is 9.88 Å². The van der Waals surface area contributed by atoms with E-state index in [0.717, 1.165) is 35.5 Å². The van der Waals surface area contributed by atoms with E-state index in [9.17, 15) is 4.79 Å². The second-order valence-corrected chi connectivity index (χ2v) is 5.36. The van der Waals surface area contributed by atoms with Crippen LogP contribution in [0.5, 0.6) is 0 Å². The first kappa shape index (κ1) is 12.1. The summed E-state index contributed by atoms with van der Waals surface area (Å²) in [5.41, 5.74) is 4.58. The number of aryl methyl sites for hydroxylation is 1. The van der Waals surface area contributed by atoms with Crippen LogP contribution < -0.4 is 4.90 Å². The molecule has 0 spiro atoms. The summed E-state index contributed by atoms with van der Waals surface area (Å²) in [7, 11) is 0. The lowest BCUT2D eigenvalue weighted by molar-refractivity contribution is 0.0991. The summed E-state index contributed by atoms with van der Waals surface area (Å²) in [6, 6.07) is 13.8. The zero-order valence-corrected chi connectivity index (χ0v) is 11.8. The molecule has 0 saturated heterocycles. The number of benzene rings is 2. The number of nitrogens with one attached hydrogen (secondary N) is 1. The quantitative estimate of drug-likeness (QED) is 0.743. The van der Waals surface area contributed by atoms with Gasteiger partial charge >= 0.3 is 0 Å². The van der Waals surface area contributed by atoms with Crippen LogP contribution in [0, 0.1) is 6.92 Å². The van der Waals surface area contributed by atoms with Crippen molar-refractivity contribution in [2.75, 3.05) is 11.4 Å². The molecule has 1 aromatic heterocycles. The molecule has 1 aliphatic rings. The van der Waals surface area contributed by atoms with E-state index in [1.165, 1.54) is 5.56 Å². The fraction of sp³-hybridized carbons (Fsp3) is 0.176. The zero-order valence-electron chi connectivity index (χ0n) is 11.8. The summed E-state index contributed by atoms with van der Waals surface area (Å²) < 4.78 is 0. The molecular weight excluding hydrogens is 262 g/mol. The molecule has 2 heterocycles. The molecule has 21 heavy (non-hydrogen) atoms. The molecule has 2 aromatic carbocycles.